The fourth-order valence-corrected chi connectivity index (χ4v) is 8.24. The van der Waals surface area contributed by atoms with E-state index in [1.165, 1.54) is 25.7 Å². The first-order valence-corrected chi connectivity index (χ1v) is 19.8. The number of ether oxygens (including phenoxy) is 3. The van der Waals surface area contributed by atoms with Gasteiger partial charge in [-0.25, -0.2) is 4.79 Å². The SMILES string of the molecule is C=C(C)C(=O)Oc1ccc([N+](=C2C=CC(=C3C(=O)C(c4ccc(N(c5ccc(OCC6CO6)cc5)C5CCCCC5)cc4)=C3[O-])C=C2)C2CCCCC2)cc1. The molecule has 1 saturated heterocycles. The first-order chi connectivity index (χ1) is 26.8. The molecule has 0 N–H and O–H groups in total. The standard InChI is InChI=1S/C47H48N2O6/c1-31(2)47(52)55-41-27-23-39(24-28-41)49(35-11-7-4-8-12-35)37-19-15-33(16-20-37)44-45(50)43(46(44)51)32-13-17-36(18-14-32)48(34-9-5-3-6-10-34)38-21-25-40(26-22-38)53-29-42-30-54-42/h13-28,34-35,42H,1,3-12,29-30H2,2H3. The van der Waals surface area contributed by atoms with E-state index in [1.807, 2.05) is 72.8 Å². The number of nitrogens with zero attached hydrogens (tertiary/aromatic N) is 2. The summed E-state index contributed by atoms with van der Waals surface area (Å²) in [5.41, 5.74) is 6.22. The van der Waals surface area contributed by atoms with Crippen LogP contribution in [0.25, 0.3) is 5.57 Å². The van der Waals surface area contributed by atoms with Gasteiger partial charge in [0, 0.05) is 71.3 Å². The second-order valence-electron chi connectivity index (χ2n) is 15.2. The van der Waals surface area contributed by atoms with Crippen molar-refractivity contribution >= 4 is 40.1 Å². The molecule has 0 radical (unpaired) electrons. The van der Waals surface area contributed by atoms with Gasteiger partial charge in [0.2, 0.25) is 11.4 Å². The number of esters is 1. The molecule has 8 rings (SSSR count). The summed E-state index contributed by atoms with van der Waals surface area (Å²) >= 11 is 0. The molecule has 2 saturated carbocycles. The van der Waals surface area contributed by atoms with E-state index in [2.05, 4.69) is 28.2 Å². The van der Waals surface area contributed by atoms with E-state index in [4.69, 9.17) is 14.2 Å². The molecular formula is C47H48N2O6. The number of hydrogen-bond acceptors (Lipinski definition) is 7. The van der Waals surface area contributed by atoms with Crippen LogP contribution in [-0.4, -0.2) is 53.4 Å². The molecule has 282 valence electrons. The number of carbonyl (C=O) groups excluding carboxylic acids is 2. The Bertz CT molecular complexity index is 2090. The van der Waals surface area contributed by atoms with Gasteiger partial charge in [0.05, 0.1) is 6.61 Å². The molecule has 8 heteroatoms. The van der Waals surface area contributed by atoms with Gasteiger partial charge in [0.15, 0.2) is 11.8 Å². The van der Waals surface area contributed by atoms with Gasteiger partial charge in [-0.3, -0.25) is 4.79 Å². The Morgan fingerprint density at radius 3 is 1.96 bits per heavy atom. The summed E-state index contributed by atoms with van der Waals surface area (Å²) in [5, 5.41) is 13.7. The number of benzene rings is 3. The van der Waals surface area contributed by atoms with E-state index in [1.54, 1.807) is 19.1 Å². The summed E-state index contributed by atoms with van der Waals surface area (Å²) in [6.07, 6.45) is 19.5. The summed E-state index contributed by atoms with van der Waals surface area (Å²) in [5.74, 6) is 0.410. The number of rotatable bonds is 11. The molecule has 5 aliphatic rings. The van der Waals surface area contributed by atoms with Crippen LogP contribution in [0.15, 0.2) is 126 Å². The van der Waals surface area contributed by atoms with Crippen LogP contribution in [-0.2, 0) is 14.3 Å². The molecule has 0 bridgehead atoms. The molecule has 3 fully saturated rings. The minimum Gasteiger partial charge on any atom is -0.871 e. The van der Waals surface area contributed by atoms with Crippen molar-refractivity contribution in [2.45, 2.75) is 89.3 Å². The van der Waals surface area contributed by atoms with E-state index in [-0.39, 0.29) is 28.8 Å². The van der Waals surface area contributed by atoms with Gasteiger partial charge in [0.1, 0.15) is 24.2 Å². The van der Waals surface area contributed by atoms with Crippen LogP contribution < -0.4 is 19.5 Å². The zero-order valence-corrected chi connectivity index (χ0v) is 31.5. The molecule has 1 aliphatic heterocycles. The predicted molar refractivity (Wildman–Crippen MR) is 213 cm³/mol. The highest BCUT2D eigenvalue weighted by Gasteiger charge is 2.33. The molecule has 0 spiro atoms. The quantitative estimate of drug-likeness (QED) is 0.0640. The average Bonchev–Trinajstić information content (AvgIpc) is 4.05. The Labute approximate surface area is 323 Å². The molecule has 0 amide bonds. The molecule has 4 aliphatic carbocycles. The molecule has 1 unspecified atom stereocenters. The number of Topliss-reactive ketones (excluding diaryl/α,β-unsaturated/α-hetero) is 1. The summed E-state index contributed by atoms with van der Waals surface area (Å²) in [7, 11) is 0. The highest BCUT2D eigenvalue weighted by atomic mass is 16.6. The fraction of sp³-hybridized carbons (Fsp3) is 0.340. The first-order valence-electron chi connectivity index (χ1n) is 19.8. The first kappa shape index (κ1) is 36.5. The average molecular weight is 737 g/mol. The van der Waals surface area contributed by atoms with Gasteiger partial charge in [-0.05, 0) is 104 Å². The molecular weight excluding hydrogens is 689 g/mol. The second-order valence-corrected chi connectivity index (χ2v) is 15.2. The number of epoxide rings is 1. The molecule has 3 aromatic rings. The Morgan fingerprint density at radius 2 is 1.38 bits per heavy atom. The van der Waals surface area contributed by atoms with Crippen molar-refractivity contribution in [3.05, 3.63) is 132 Å². The maximum atomic E-state index is 13.7. The maximum Gasteiger partial charge on any atom is 0.338 e. The summed E-state index contributed by atoms with van der Waals surface area (Å²) < 4.78 is 18.9. The van der Waals surface area contributed by atoms with Crippen LogP contribution in [0.3, 0.4) is 0 Å². The predicted octanol–water partition coefficient (Wildman–Crippen LogP) is 8.61. The number of allylic oxidation sites excluding steroid dienone is 7. The van der Waals surface area contributed by atoms with Crippen molar-refractivity contribution in [2.24, 2.45) is 0 Å². The molecule has 1 atom stereocenters. The molecule has 0 aromatic heterocycles. The highest BCUT2D eigenvalue weighted by Crippen LogP contribution is 2.40. The van der Waals surface area contributed by atoms with Crippen LogP contribution in [0, 0.1) is 0 Å². The lowest BCUT2D eigenvalue weighted by atomic mass is 9.80. The van der Waals surface area contributed by atoms with E-state index < -0.39 is 5.97 Å². The van der Waals surface area contributed by atoms with E-state index in [0.717, 1.165) is 73.7 Å². The van der Waals surface area contributed by atoms with E-state index >= 15 is 0 Å². The number of hydrogen-bond donors (Lipinski definition) is 0. The van der Waals surface area contributed by atoms with E-state index in [0.29, 0.717) is 41.1 Å². The van der Waals surface area contributed by atoms with Crippen molar-refractivity contribution in [3.8, 4) is 11.5 Å². The van der Waals surface area contributed by atoms with Crippen LogP contribution in [0.2, 0.25) is 0 Å². The van der Waals surface area contributed by atoms with Gasteiger partial charge in [0.25, 0.3) is 0 Å². The minimum absolute atomic E-state index is 0.208. The number of carbonyl (C=O) groups is 2. The Balaban J connectivity index is 1.03. The van der Waals surface area contributed by atoms with Crippen LogP contribution in [0.1, 0.15) is 76.7 Å². The van der Waals surface area contributed by atoms with Gasteiger partial charge >= 0.3 is 5.97 Å². The van der Waals surface area contributed by atoms with Crippen molar-refractivity contribution in [1.29, 1.82) is 0 Å². The Morgan fingerprint density at radius 1 is 0.800 bits per heavy atom. The zero-order valence-electron chi connectivity index (χ0n) is 31.5. The van der Waals surface area contributed by atoms with Crippen LogP contribution >= 0.6 is 0 Å². The highest BCUT2D eigenvalue weighted by molar-refractivity contribution is 6.39. The van der Waals surface area contributed by atoms with Crippen molar-refractivity contribution in [3.63, 3.8) is 0 Å². The molecule has 3 aromatic carbocycles. The number of anilines is 2. The lowest BCUT2D eigenvalue weighted by Gasteiger charge is -2.37. The minimum atomic E-state index is -0.451. The summed E-state index contributed by atoms with van der Waals surface area (Å²) in [6.45, 7) is 6.63. The van der Waals surface area contributed by atoms with Gasteiger partial charge in [-0.15, -0.1) is 0 Å². The summed E-state index contributed by atoms with van der Waals surface area (Å²) in [4.78, 5) is 28.1. The zero-order chi connectivity index (χ0) is 37.9. The Hall–Kier alpha value is -5.47. The normalized spacial score (nSPS) is 20.0. The number of ketones is 1. The fourth-order valence-electron chi connectivity index (χ4n) is 8.24. The molecule has 8 nitrogen and oxygen atoms in total. The second kappa shape index (κ2) is 16.1. The van der Waals surface area contributed by atoms with E-state index in [9.17, 15) is 14.7 Å². The lowest BCUT2D eigenvalue weighted by molar-refractivity contribution is -0.488. The maximum absolute atomic E-state index is 13.7. The van der Waals surface area contributed by atoms with Crippen molar-refractivity contribution in [2.75, 3.05) is 18.1 Å². The topological polar surface area (TPSA) is 94.4 Å². The van der Waals surface area contributed by atoms with Crippen LogP contribution in [0.5, 0.6) is 11.5 Å². The third kappa shape index (κ3) is 8.01. The molecule has 1 heterocycles. The monoisotopic (exact) mass is 736 g/mol. The van der Waals surface area contributed by atoms with Crippen LogP contribution in [0.4, 0.5) is 17.1 Å². The summed E-state index contributed by atoms with van der Waals surface area (Å²) in [6, 6.07) is 24.4. The smallest absolute Gasteiger partial charge is 0.338 e. The third-order valence-corrected chi connectivity index (χ3v) is 11.3. The largest absolute Gasteiger partial charge is 0.871 e. The molecule has 55 heavy (non-hydrogen) atoms. The van der Waals surface area contributed by atoms with Gasteiger partial charge < -0.3 is 24.2 Å². The van der Waals surface area contributed by atoms with Gasteiger partial charge in [-0.2, -0.15) is 4.58 Å². The van der Waals surface area contributed by atoms with Gasteiger partial charge in [-0.1, -0.05) is 50.2 Å². The Kier molecular flexibility index (Phi) is 10.7. The van der Waals surface area contributed by atoms with Crippen molar-refractivity contribution in [1.82, 2.24) is 0 Å². The lowest BCUT2D eigenvalue weighted by Crippen LogP contribution is -2.33. The van der Waals surface area contributed by atoms with Crippen molar-refractivity contribution < 1.29 is 33.5 Å². The third-order valence-electron chi connectivity index (χ3n) is 11.3.